The first-order chi connectivity index (χ1) is 9.99. The maximum absolute atomic E-state index is 14.0. The summed E-state index contributed by atoms with van der Waals surface area (Å²) in [6.45, 7) is 0.972. The van der Waals surface area contributed by atoms with Crippen molar-refractivity contribution in [2.45, 2.75) is 12.6 Å². The number of hydrogen-bond acceptors (Lipinski definition) is 3. The highest BCUT2D eigenvalue weighted by Crippen LogP contribution is 2.25. The highest BCUT2D eigenvalue weighted by atomic mass is 79.9. The minimum Gasteiger partial charge on any atom is -0.480 e. The number of likely N-dealkylation sites (N-methyl/N-ethyl adjacent to an activating group) is 1. The Balaban J connectivity index is 2.16. The molecule has 1 unspecified atom stereocenters. The van der Waals surface area contributed by atoms with Gasteiger partial charge in [0.15, 0.2) is 0 Å². The quantitative estimate of drug-likeness (QED) is 0.864. The zero-order chi connectivity index (χ0) is 15.4. The van der Waals surface area contributed by atoms with Crippen molar-refractivity contribution in [3.63, 3.8) is 0 Å². The first-order valence-electron chi connectivity index (χ1n) is 6.34. The van der Waals surface area contributed by atoms with Crippen molar-refractivity contribution in [3.8, 4) is 0 Å². The van der Waals surface area contributed by atoms with Crippen LogP contribution >= 0.6 is 15.9 Å². The molecule has 0 aliphatic carbocycles. The van der Waals surface area contributed by atoms with Crippen LogP contribution < -0.4 is 0 Å². The number of benzene rings is 1. The van der Waals surface area contributed by atoms with Crippen molar-refractivity contribution in [1.82, 2.24) is 14.7 Å². The van der Waals surface area contributed by atoms with E-state index in [0.29, 0.717) is 17.6 Å². The molecule has 0 aliphatic rings. The van der Waals surface area contributed by atoms with Gasteiger partial charge in [0.1, 0.15) is 11.9 Å². The fourth-order valence-electron chi connectivity index (χ4n) is 2.10. The smallest absolute Gasteiger partial charge is 0.325 e. The highest BCUT2D eigenvalue weighted by molar-refractivity contribution is 9.10. The van der Waals surface area contributed by atoms with Gasteiger partial charge in [-0.3, -0.25) is 14.4 Å². The molecule has 0 aliphatic heterocycles. The van der Waals surface area contributed by atoms with Crippen LogP contribution in [0.25, 0.3) is 0 Å². The topological polar surface area (TPSA) is 58.4 Å². The first-order valence-corrected chi connectivity index (χ1v) is 7.14. The summed E-state index contributed by atoms with van der Waals surface area (Å²) in [5.74, 6) is -1.62. The van der Waals surface area contributed by atoms with Gasteiger partial charge >= 0.3 is 5.97 Å². The lowest BCUT2D eigenvalue weighted by molar-refractivity contribution is -0.143. The molecule has 1 aromatic heterocycles. The standard InChI is InChI=1S/C14H15BrFN3O2/c1-18(7-8-19-6-2-5-17-19)13(14(20)21)11-4-3-10(15)9-12(11)16/h2-6,9,13H,7-8H2,1H3,(H,20,21). The lowest BCUT2D eigenvalue weighted by atomic mass is 10.1. The Hall–Kier alpha value is -1.73. The Bertz CT molecular complexity index is 619. The van der Waals surface area contributed by atoms with Crippen LogP contribution in [0.2, 0.25) is 0 Å². The van der Waals surface area contributed by atoms with Crippen molar-refractivity contribution in [2.75, 3.05) is 13.6 Å². The number of carbonyl (C=O) groups is 1. The fourth-order valence-corrected chi connectivity index (χ4v) is 2.44. The average molecular weight is 356 g/mol. The van der Waals surface area contributed by atoms with Crippen LogP contribution in [-0.4, -0.2) is 39.3 Å². The van der Waals surface area contributed by atoms with Crippen molar-refractivity contribution in [3.05, 3.63) is 52.5 Å². The van der Waals surface area contributed by atoms with E-state index in [-0.39, 0.29) is 5.56 Å². The molecule has 21 heavy (non-hydrogen) atoms. The van der Waals surface area contributed by atoms with Gasteiger partial charge in [-0.1, -0.05) is 22.0 Å². The summed E-state index contributed by atoms with van der Waals surface area (Å²) in [5, 5.41) is 13.5. The molecule has 0 radical (unpaired) electrons. The lowest BCUT2D eigenvalue weighted by Crippen LogP contribution is -2.34. The molecule has 0 fully saturated rings. The maximum Gasteiger partial charge on any atom is 0.325 e. The Morgan fingerprint density at radius 1 is 1.57 bits per heavy atom. The van der Waals surface area contributed by atoms with Gasteiger partial charge in [0, 0.05) is 29.0 Å². The van der Waals surface area contributed by atoms with Gasteiger partial charge in [-0.25, -0.2) is 4.39 Å². The number of nitrogens with zero attached hydrogens (tertiary/aromatic N) is 3. The normalized spacial score (nSPS) is 12.6. The van der Waals surface area contributed by atoms with Gasteiger partial charge in [-0.05, 0) is 25.2 Å². The van der Waals surface area contributed by atoms with Crippen LogP contribution in [-0.2, 0) is 11.3 Å². The summed E-state index contributed by atoms with van der Waals surface area (Å²) in [7, 11) is 1.66. The second-order valence-electron chi connectivity index (χ2n) is 4.66. The summed E-state index contributed by atoms with van der Waals surface area (Å²) in [6, 6.07) is 5.15. The minimum atomic E-state index is -1.08. The summed E-state index contributed by atoms with van der Waals surface area (Å²) in [5.41, 5.74) is 0.147. The third kappa shape index (κ3) is 3.89. The second kappa shape index (κ2) is 6.82. The lowest BCUT2D eigenvalue weighted by Gasteiger charge is -2.25. The number of halogens is 2. The van der Waals surface area contributed by atoms with Crippen LogP contribution in [0.15, 0.2) is 41.1 Å². The third-order valence-corrected chi connectivity index (χ3v) is 3.67. The zero-order valence-corrected chi connectivity index (χ0v) is 13.0. The molecule has 1 atom stereocenters. The molecule has 0 saturated carbocycles. The zero-order valence-electron chi connectivity index (χ0n) is 11.4. The van der Waals surface area contributed by atoms with Crippen LogP contribution in [0.4, 0.5) is 4.39 Å². The van der Waals surface area contributed by atoms with E-state index in [9.17, 15) is 14.3 Å². The second-order valence-corrected chi connectivity index (χ2v) is 5.57. The number of rotatable bonds is 6. The van der Waals surface area contributed by atoms with Gasteiger partial charge in [0.25, 0.3) is 0 Å². The maximum atomic E-state index is 14.0. The number of aliphatic carboxylic acids is 1. The molecule has 112 valence electrons. The summed E-state index contributed by atoms with van der Waals surface area (Å²) >= 11 is 3.16. The Morgan fingerprint density at radius 2 is 2.33 bits per heavy atom. The number of carboxylic acids is 1. The van der Waals surface area contributed by atoms with E-state index < -0.39 is 17.8 Å². The van der Waals surface area contributed by atoms with Gasteiger partial charge in [0.2, 0.25) is 0 Å². The molecule has 5 nitrogen and oxygen atoms in total. The molecule has 1 N–H and O–H groups in total. The summed E-state index contributed by atoms with van der Waals surface area (Å²) in [4.78, 5) is 13.1. The van der Waals surface area contributed by atoms with E-state index >= 15 is 0 Å². The van der Waals surface area contributed by atoms with Crippen LogP contribution in [0.5, 0.6) is 0 Å². The van der Waals surface area contributed by atoms with Crippen molar-refractivity contribution in [2.24, 2.45) is 0 Å². The molecule has 1 aromatic carbocycles. The number of hydrogen-bond donors (Lipinski definition) is 1. The summed E-state index contributed by atoms with van der Waals surface area (Å²) in [6.07, 6.45) is 3.45. The Kier molecular flexibility index (Phi) is 5.08. The van der Waals surface area contributed by atoms with E-state index in [2.05, 4.69) is 21.0 Å². The van der Waals surface area contributed by atoms with E-state index in [1.807, 2.05) is 0 Å². The molecular formula is C14H15BrFN3O2. The molecule has 0 amide bonds. The predicted octanol–water partition coefficient (Wildman–Crippen LogP) is 2.54. The first kappa shape index (κ1) is 15.7. The van der Waals surface area contributed by atoms with Crippen molar-refractivity contribution in [1.29, 1.82) is 0 Å². The molecule has 0 spiro atoms. The van der Waals surface area contributed by atoms with Gasteiger partial charge in [-0.15, -0.1) is 0 Å². The van der Waals surface area contributed by atoms with Crippen LogP contribution in [0, 0.1) is 5.82 Å². The van der Waals surface area contributed by atoms with E-state index in [1.54, 1.807) is 41.2 Å². The van der Waals surface area contributed by atoms with E-state index in [0.717, 1.165) is 0 Å². The van der Waals surface area contributed by atoms with E-state index in [4.69, 9.17) is 0 Å². The molecule has 2 aromatic rings. The Morgan fingerprint density at radius 3 is 2.90 bits per heavy atom. The minimum absolute atomic E-state index is 0.147. The monoisotopic (exact) mass is 355 g/mol. The molecule has 0 bridgehead atoms. The van der Waals surface area contributed by atoms with Crippen LogP contribution in [0.1, 0.15) is 11.6 Å². The molecule has 2 rings (SSSR count). The molecule has 1 heterocycles. The SMILES string of the molecule is CN(CCn1cccn1)C(C(=O)O)c1ccc(Br)cc1F. The van der Waals surface area contributed by atoms with Crippen molar-refractivity contribution < 1.29 is 14.3 Å². The van der Waals surface area contributed by atoms with Gasteiger partial charge < -0.3 is 5.11 Å². The van der Waals surface area contributed by atoms with Crippen molar-refractivity contribution >= 4 is 21.9 Å². The Labute approximate surface area is 130 Å². The molecule has 7 heteroatoms. The molecule has 0 saturated heterocycles. The van der Waals surface area contributed by atoms with Gasteiger partial charge in [0.05, 0.1) is 6.54 Å². The van der Waals surface area contributed by atoms with Crippen LogP contribution in [0.3, 0.4) is 0 Å². The fraction of sp³-hybridized carbons (Fsp3) is 0.286. The summed E-state index contributed by atoms with van der Waals surface area (Å²) < 4.78 is 16.3. The predicted molar refractivity (Wildman–Crippen MR) is 79.3 cm³/mol. The number of carboxylic acid groups (broad SMARTS) is 1. The largest absolute Gasteiger partial charge is 0.480 e. The third-order valence-electron chi connectivity index (χ3n) is 3.17. The molecular weight excluding hydrogens is 341 g/mol. The number of aromatic nitrogens is 2. The van der Waals surface area contributed by atoms with E-state index in [1.165, 1.54) is 12.1 Å². The average Bonchev–Trinajstić information content (AvgIpc) is 2.92. The van der Waals surface area contributed by atoms with Gasteiger partial charge in [-0.2, -0.15) is 5.10 Å². The highest BCUT2D eigenvalue weighted by Gasteiger charge is 2.27.